The molecule has 1 fully saturated rings. The average molecular weight is 333 g/mol. The number of nitriles is 1. The molecule has 1 atom stereocenters. The standard InChI is InChI=1S/C20H19N3O2/c1-14(16-7-5-15(13-21)6-8-16)22-17-9-11-18(12-10-17)23-19(24)3-2-4-20(23)25/h5-12,14,22H,2-4H2,1H3/t14-/m1/s1. The molecular formula is C20H19N3O2. The van der Waals surface area contributed by atoms with Crippen LogP contribution in [0.4, 0.5) is 11.4 Å². The van der Waals surface area contributed by atoms with Gasteiger partial charge in [0.25, 0.3) is 0 Å². The second-order valence-electron chi connectivity index (χ2n) is 6.12. The van der Waals surface area contributed by atoms with Crippen LogP contribution in [-0.2, 0) is 9.59 Å². The zero-order valence-corrected chi connectivity index (χ0v) is 14.0. The van der Waals surface area contributed by atoms with Crippen molar-refractivity contribution in [2.45, 2.75) is 32.2 Å². The first-order valence-corrected chi connectivity index (χ1v) is 8.31. The molecule has 2 aromatic rings. The van der Waals surface area contributed by atoms with Gasteiger partial charge in [-0.1, -0.05) is 12.1 Å². The lowest BCUT2D eigenvalue weighted by Gasteiger charge is -2.25. The van der Waals surface area contributed by atoms with Gasteiger partial charge in [0.15, 0.2) is 0 Å². The molecule has 2 amide bonds. The summed E-state index contributed by atoms with van der Waals surface area (Å²) in [6.45, 7) is 2.03. The third-order valence-electron chi connectivity index (χ3n) is 4.33. The average Bonchev–Trinajstić information content (AvgIpc) is 2.63. The van der Waals surface area contributed by atoms with Crippen LogP contribution in [0, 0.1) is 11.3 Å². The molecule has 0 aliphatic carbocycles. The van der Waals surface area contributed by atoms with Crippen LogP contribution in [0.15, 0.2) is 48.5 Å². The summed E-state index contributed by atoms with van der Waals surface area (Å²) in [5, 5.41) is 12.2. The van der Waals surface area contributed by atoms with Gasteiger partial charge in [-0.15, -0.1) is 0 Å². The van der Waals surface area contributed by atoms with Crippen molar-refractivity contribution in [1.29, 1.82) is 5.26 Å². The summed E-state index contributed by atoms with van der Waals surface area (Å²) >= 11 is 0. The fourth-order valence-electron chi connectivity index (χ4n) is 2.93. The third kappa shape index (κ3) is 3.69. The van der Waals surface area contributed by atoms with Gasteiger partial charge in [-0.25, -0.2) is 0 Å². The molecule has 2 aromatic carbocycles. The van der Waals surface area contributed by atoms with Gasteiger partial charge in [0.05, 0.1) is 17.3 Å². The molecule has 3 rings (SSSR count). The van der Waals surface area contributed by atoms with Crippen LogP contribution in [0.2, 0.25) is 0 Å². The molecule has 0 spiro atoms. The van der Waals surface area contributed by atoms with Crippen LogP contribution < -0.4 is 10.2 Å². The highest BCUT2D eigenvalue weighted by molar-refractivity contribution is 6.16. The van der Waals surface area contributed by atoms with E-state index in [9.17, 15) is 9.59 Å². The van der Waals surface area contributed by atoms with Gasteiger partial charge >= 0.3 is 0 Å². The van der Waals surface area contributed by atoms with Crippen molar-refractivity contribution in [3.8, 4) is 6.07 Å². The van der Waals surface area contributed by atoms with E-state index in [0.29, 0.717) is 30.5 Å². The predicted octanol–water partition coefficient (Wildman–Crippen LogP) is 3.77. The lowest BCUT2D eigenvalue weighted by Crippen LogP contribution is -2.40. The van der Waals surface area contributed by atoms with Gasteiger partial charge in [-0.05, 0) is 55.3 Å². The molecule has 1 saturated heterocycles. The van der Waals surface area contributed by atoms with E-state index in [2.05, 4.69) is 11.4 Å². The molecule has 0 radical (unpaired) electrons. The van der Waals surface area contributed by atoms with Crippen molar-refractivity contribution in [2.75, 3.05) is 10.2 Å². The number of carbonyl (C=O) groups is 2. The van der Waals surface area contributed by atoms with Gasteiger partial charge in [0.2, 0.25) is 11.8 Å². The predicted molar refractivity (Wildman–Crippen MR) is 96.0 cm³/mol. The Morgan fingerprint density at radius 3 is 2.16 bits per heavy atom. The van der Waals surface area contributed by atoms with Crippen LogP contribution in [0.5, 0.6) is 0 Å². The molecule has 1 aliphatic rings. The quantitative estimate of drug-likeness (QED) is 0.864. The van der Waals surface area contributed by atoms with Crippen LogP contribution in [0.1, 0.15) is 43.4 Å². The normalized spacial score (nSPS) is 15.6. The summed E-state index contributed by atoms with van der Waals surface area (Å²) in [4.78, 5) is 25.2. The lowest BCUT2D eigenvalue weighted by atomic mass is 10.1. The van der Waals surface area contributed by atoms with Crippen molar-refractivity contribution >= 4 is 23.2 Å². The summed E-state index contributed by atoms with van der Waals surface area (Å²) in [7, 11) is 0. The first kappa shape index (κ1) is 16.7. The molecule has 0 unspecified atom stereocenters. The zero-order valence-electron chi connectivity index (χ0n) is 14.0. The Hall–Kier alpha value is -3.13. The largest absolute Gasteiger partial charge is 0.379 e. The second-order valence-corrected chi connectivity index (χ2v) is 6.12. The van der Waals surface area contributed by atoms with Crippen molar-refractivity contribution in [2.24, 2.45) is 0 Å². The van der Waals surface area contributed by atoms with Crippen LogP contribution in [0.25, 0.3) is 0 Å². The van der Waals surface area contributed by atoms with E-state index in [4.69, 9.17) is 5.26 Å². The van der Waals surface area contributed by atoms with Gasteiger partial charge in [0.1, 0.15) is 0 Å². The fraction of sp³-hybridized carbons (Fsp3) is 0.250. The highest BCUT2D eigenvalue weighted by Crippen LogP contribution is 2.25. The second kappa shape index (κ2) is 7.18. The van der Waals surface area contributed by atoms with Crippen molar-refractivity contribution in [3.05, 3.63) is 59.7 Å². The monoisotopic (exact) mass is 333 g/mol. The molecule has 0 saturated carbocycles. The number of amides is 2. The number of piperidine rings is 1. The molecular weight excluding hydrogens is 314 g/mol. The van der Waals surface area contributed by atoms with Crippen LogP contribution >= 0.6 is 0 Å². The van der Waals surface area contributed by atoms with Crippen molar-refractivity contribution in [1.82, 2.24) is 0 Å². The number of imide groups is 1. The number of benzene rings is 2. The molecule has 1 heterocycles. The number of nitrogens with zero attached hydrogens (tertiary/aromatic N) is 2. The van der Waals surface area contributed by atoms with E-state index in [0.717, 1.165) is 11.3 Å². The highest BCUT2D eigenvalue weighted by atomic mass is 16.2. The van der Waals surface area contributed by atoms with Crippen LogP contribution in [0.3, 0.4) is 0 Å². The first-order valence-electron chi connectivity index (χ1n) is 8.31. The molecule has 0 bridgehead atoms. The van der Waals surface area contributed by atoms with Crippen molar-refractivity contribution in [3.63, 3.8) is 0 Å². The third-order valence-corrected chi connectivity index (χ3v) is 4.33. The smallest absolute Gasteiger partial charge is 0.233 e. The number of anilines is 2. The van der Waals surface area contributed by atoms with Crippen molar-refractivity contribution < 1.29 is 9.59 Å². The molecule has 0 aromatic heterocycles. The summed E-state index contributed by atoms with van der Waals surface area (Å²) in [5.74, 6) is -0.272. The van der Waals surface area contributed by atoms with E-state index >= 15 is 0 Å². The summed E-state index contributed by atoms with van der Waals surface area (Å²) in [5.41, 5.74) is 3.23. The Bertz CT molecular complexity index is 804. The van der Waals surface area contributed by atoms with Gasteiger partial charge in [-0.2, -0.15) is 5.26 Å². The Kier molecular flexibility index (Phi) is 4.80. The maximum absolute atomic E-state index is 12.0. The van der Waals surface area contributed by atoms with E-state index in [-0.39, 0.29) is 17.9 Å². The number of hydrogen-bond donors (Lipinski definition) is 1. The van der Waals surface area contributed by atoms with E-state index in [1.54, 1.807) is 24.3 Å². The molecule has 5 nitrogen and oxygen atoms in total. The zero-order chi connectivity index (χ0) is 17.8. The Morgan fingerprint density at radius 1 is 1.00 bits per heavy atom. The number of hydrogen-bond acceptors (Lipinski definition) is 4. The van der Waals surface area contributed by atoms with Gasteiger partial charge in [-0.3, -0.25) is 14.5 Å². The maximum Gasteiger partial charge on any atom is 0.233 e. The van der Waals surface area contributed by atoms with E-state index in [1.165, 1.54) is 4.90 Å². The SMILES string of the molecule is C[C@@H](Nc1ccc(N2C(=O)CCCC2=O)cc1)c1ccc(C#N)cc1. The van der Waals surface area contributed by atoms with Gasteiger partial charge in [0, 0.05) is 24.6 Å². The summed E-state index contributed by atoms with van der Waals surface area (Å²) in [6.07, 6.45) is 1.47. The molecule has 25 heavy (non-hydrogen) atoms. The minimum Gasteiger partial charge on any atom is -0.379 e. The van der Waals surface area contributed by atoms with E-state index < -0.39 is 0 Å². The van der Waals surface area contributed by atoms with E-state index in [1.807, 2.05) is 31.2 Å². The molecule has 126 valence electrons. The molecule has 1 aliphatic heterocycles. The fourth-order valence-corrected chi connectivity index (χ4v) is 2.93. The Balaban J connectivity index is 1.70. The Labute approximate surface area is 146 Å². The van der Waals surface area contributed by atoms with Gasteiger partial charge < -0.3 is 5.32 Å². The lowest BCUT2D eigenvalue weighted by molar-refractivity contribution is -0.129. The Morgan fingerprint density at radius 2 is 1.60 bits per heavy atom. The molecule has 5 heteroatoms. The first-order chi connectivity index (χ1) is 12.1. The molecule has 1 N–H and O–H groups in total. The maximum atomic E-state index is 12.0. The number of carbonyl (C=O) groups excluding carboxylic acids is 2. The summed E-state index contributed by atoms with van der Waals surface area (Å²) < 4.78 is 0. The number of nitrogens with one attached hydrogen (secondary N) is 1. The summed E-state index contributed by atoms with van der Waals surface area (Å²) in [6, 6.07) is 16.9. The number of rotatable bonds is 4. The minimum absolute atomic E-state index is 0.0665. The highest BCUT2D eigenvalue weighted by Gasteiger charge is 2.27. The van der Waals surface area contributed by atoms with Crippen LogP contribution in [-0.4, -0.2) is 11.8 Å². The minimum atomic E-state index is -0.136. The topological polar surface area (TPSA) is 73.2 Å².